The molecule has 0 aliphatic heterocycles. The molecule has 7 heteroatoms. The number of thiazole rings is 1. The lowest BCUT2D eigenvalue weighted by molar-refractivity contribution is 0.984. The molecule has 0 spiro atoms. The van der Waals surface area contributed by atoms with E-state index in [1.54, 1.807) is 11.3 Å². The molecule has 0 amide bonds. The van der Waals surface area contributed by atoms with Crippen molar-refractivity contribution in [3.05, 3.63) is 59.0 Å². The average molecular weight is 360 g/mol. The molecular formula is C19H16N6S. The fourth-order valence-corrected chi connectivity index (χ4v) is 3.96. The number of H-pyrrole nitrogens is 1. The number of nitrogens with zero attached hydrogens (tertiary/aromatic N) is 4. The van der Waals surface area contributed by atoms with Gasteiger partial charge >= 0.3 is 0 Å². The van der Waals surface area contributed by atoms with E-state index in [1.807, 2.05) is 28.8 Å². The molecule has 6 nitrogen and oxygen atoms in total. The topological polar surface area (TPSA) is 70.9 Å². The van der Waals surface area contributed by atoms with Gasteiger partial charge in [0.05, 0.1) is 16.7 Å². The number of hydrogen-bond donors (Lipinski definition) is 2. The summed E-state index contributed by atoms with van der Waals surface area (Å²) in [5, 5.41) is 9.89. The number of aryl methyl sites for hydroxylation is 2. The maximum Gasteiger partial charge on any atom is 0.250 e. The highest BCUT2D eigenvalue weighted by Crippen LogP contribution is 2.29. The second-order valence-corrected chi connectivity index (χ2v) is 7.13. The van der Waals surface area contributed by atoms with Crippen LogP contribution in [0.4, 0.5) is 11.9 Å². The summed E-state index contributed by atoms with van der Waals surface area (Å²) in [5.74, 6) is 1.17. The Morgan fingerprint density at radius 2 is 1.96 bits per heavy atom. The standard InChI is InChI=1S/C19H16N6S/c1-11-7-8-13(12(2)9-11)16-10-26-19-23-18(24-25(16)19)22-17-20-14-5-3-4-6-15(14)21-17/h3-10H,1-2H3,(H2,20,21,22,24). The Morgan fingerprint density at radius 3 is 2.81 bits per heavy atom. The van der Waals surface area contributed by atoms with E-state index < -0.39 is 0 Å². The van der Waals surface area contributed by atoms with Crippen LogP contribution in [0.5, 0.6) is 0 Å². The Kier molecular flexibility index (Phi) is 3.29. The Labute approximate surface area is 153 Å². The summed E-state index contributed by atoms with van der Waals surface area (Å²) in [5.41, 5.74) is 6.59. The largest absolute Gasteiger partial charge is 0.324 e. The molecule has 2 aromatic carbocycles. The highest BCUT2D eigenvalue weighted by atomic mass is 32.1. The van der Waals surface area contributed by atoms with E-state index in [4.69, 9.17) is 0 Å². The number of imidazole rings is 1. The molecule has 3 heterocycles. The minimum Gasteiger partial charge on any atom is -0.324 e. The lowest BCUT2D eigenvalue weighted by Crippen LogP contribution is -1.96. The van der Waals surface area contributed by atoms with E-state index in [0.29, 0.717) is 11.9 Å². The molecule has 0 aliphatic carbocycles. The van der Waals surface area contributed by atoms with E-state index in [0.717, 1.165) is 21.7 Å². The Hall–Kier alpha value is -3.19. The van der Waals surface area contributed by atoms with Crippen LogP contribution in [-0.4, -0.2) is 24.6 Å². The van der Waals surface area contributed by atoms with Crippen LogP contribution in [0.1, 0.15) is 11.1 Å². The number of benzene rings is 2. The molecule has 0 aliphatic rings. The van der Waals surface area contributed by atoms with Gasteiger partial charge in [-0.1, -0.05) is 35.9 Å². The minimum absolute atomic E-state index is 0.530. The van der Waals surface area contributed by atoms with Crippen LogP contribution in [0, 0.1) is 13.8 Å². The number of fused-ring (bicyclic) bond motifs is 2. The van der Waals surface area contributed by atoms with Gasteiger partial charge in [0.15, 0.2) is 0 Å². The maximum absolute atomic E-state index is 4.62. The fourth-order valence-electron chi connectivity index (χ4n) is 3.14. The number of nitrogens with one attached hydrogen (secondary N) is 2. The molecule has 0 unspecified atom stereocenters. The second-order valence-electron chi connectivity index (χ2n) is 6.30. The molecule has 0 saturated heterocycles. The first-order valence-corrected chi connectivity index (χ1v) is 9.19. The maximum atomic E-state index is 4.62. The van der Waals surface area contributed by atoms with Gasteiger partial charge in [0.1, 0.15) is 0 Å². The summed E-state index contributed by atoms with van der Waals surface area (Å²) in [6, 6.07) is 14.3. The van der Waals surface area contributed by atoms with E-state index >= 15 is 0 Å². The molecule has 0 saturated carbocycles. The summed E-state index contributed by atoms with van der Waals surface area (Å²) in [6.45, 7) is 4.22. The molecule has 0 bridgehead atoms. The smallest absolute Gasteiger partial charge is 0.250 e. The molecule has 0 radical (unpaired) electrons. The van der Waals surface area contributed by atoms with Crippen LogP contribution in [0.3, 0.4) is 0 Å². The number of hydrogen-bond acceptors (Lipinski definition) is 5. The van der Waals surface area contributed by atoms with Gasteiger partial charge in [-0.15, -0.1) is 16.4 Å². The van der Waals surface area contributed by atoms with E-state index in [-0.39, 0.29) is 0 Å². The van der Waals surface area contributed by atoms with Crippen molar-refractivity contribution in [2.75, 3.05) is 5.32 Å². The first-order valence-electron chi connectivity index (χ1n) is 8.31. The van der Waals surface area contributed by atoms with Crippen molar-refractivity contribution in [1.29, 1.82) is 0 Å². The Balaban J connectivity index is 1.53. The van der Waals surface area contributed by atoms with Gasteiger partial charge in [0, 0.05) is 10.9 Å². The Bertz CT molecular complexity index is 1210. The van der Waals surface area contributed by atoms with Crippen LogP contribution >= 0.6 is 11.3 Å². The van der Waals surface area contributed by atoms with E-state index in [9.17, 15) is 0 Å². The SMILES string of the molecule is Cc1ccc(-c2csc3nc(Nc4nc5ccccc5[nH]4)nn23)c(C)c1. The van der Waals surface area contributed by atoms with Crippen molar-refractivity contribution in [2.24, 2.45) is 0 Å². The third-order valence-corrected chi connectivity index (χ3v) is 5.18. The van der Waals surface area contributed by atoms with E-state index in [2.05, 4.69) is 62.8 Å². The third-order valence-electron chi connectivity index (χ3n) is 4.36. The van der Waals surface area contributed by atoms with Gasteiger partial charge < -0.3 is 4.98 Å². The molecule has 0 atom stereocenters. The normalized spacial score (nSPS) is 11.5. The summed E-state index contributed by atoms with van der Waals surface area (Å²) in [7, 11) is 0. The summed E-state index contributed by atoms with van der Waals surface area (Å²) in [6.07, 6.45) is 0. The van der Waals surface area contributed by atoms with Crippen LogP contribution < -0.4 is 5.32 Å². The van der Waals surface area contributed by atoms with Crippen LogP contribution in [0.15, 0.2) is 47.8 Å². The highest BCUT2D eigenvalue weighted by molar-refractivity contribution is 7.15. The first kappa shape index (κ1) is 15.1. The molecule has 5 rings (SSSR count). The van der Waals surface area contributed by atoms with Crippen molar-refractivity contribution in [3.63, 3.8) is 0 Å². The van der Waals surface area contributed by atoms with E-state index in [1.165, 1.54) is 16.7 Å². The van der Waals surface area contributed by atoms with Crippen molar-refractivity contribution >= 4 is 39.2 Å². The monoisotopic (exact) mass is 360 g/mol. The number of para-hydroxylation sites is 2. The van der Waals surface area contributed by atoms with Crippen molar-refractivity contribution < 1.29 is 0 Å². The zero-order chi connectivity index (χ0) is 17.7. The number of anilines is 2. The van der Waals surface area contributed by atoms with Crippen molar-refractivity contribution in [3.8, 4) is 11.3 Å². The molecule has 128 valence electrons. The summed E-state index contributed by atoms with van der Waals surface area (Å²) >= 11 is 1.58. The van der Waals surface area contributed by atoms with Crippen LogP contribution in [0.25, 0.3) is 27.3 Å². The number of aromatic nitrogens is 5. The van der Waals surface area contributed by atoms with Crippen molar-refractivity contribution in [2.45, 2.75) is 13.8 Å². The lowest BCUT2D eigenvalue weighted by atomic mass is 10.0. The quantitative estimate of drug-likeness (QED) is 0.489. The molecule has 2 N–H and O–H groups in total. The predicted octanol–water partition coefficient (Wildman–Crippen LogP) is 4.69. The van der Waals surface area contributed by atoms with Gasteiger partial charge in [0.2, 0.25) is 10.9 Å². The fraction of sp³-hybridized carbons (Fsp3) is 0.105. The molecule has 3 aromatic heterocycles. The van der Waals surface area contributed by atoms with Gasteiger partial charge in [0.25, 0.3) is 5.95 Å². The predicted molar refractivity (Wildman–Crippen MR) is 105 cm³/mol. The van der Waals surface area contributed by atoms with Crippen LogP contribution in [-0.2, 0) is 0 Å². The molecule has 26 heavy (non-hydrogen) atoms. The average Bonchev–Trinajstić information content (AvgIpc) is 3.29. The summed E-state index contributed by atoms with van der Waals surface area (Å²) < 4.78 is 1.88. The summed E-state index contributed by atoms with van der Waals surface area (Å²) in [4.78, 5) is 13.2. The molecular weight excluding hydrogens is 344 g/mol. The van der Waals surface area contributed by atoms with Gasteiger partial charge in [-0.05, 0) is 31.5 Å². The molecule has 5 aromatic rings. The van der Waals surface area contributed by atoms with Crippen molar-refractivity contribution in [1.82, 2.24) is 24.6 Å². The first-order chi connectivity index (χ1) is 12.7. The number of aromatic amines is 1. The van der Waals surface area contributed by atoms with Gasteiger partial charge in [-0.25, -0.2) is 9.50 Å². The Morgan fingerprint density at radius 1 is 1.08 bits per heavy atom. The third kappa shape index (κ3) is 2.44. The highest BCUT2D eigenvalue weighted by Gasteiger charge is 2.14. The zero-order valence-corrected chi connectivity index (χ0v) is 15.1. The van der Waals surface area contributed by atoms with Crippen LogP contribution in [0.2, 0.25) is 0 Å². The zero-order valence-electron chi connectivity index (χ0n) is 14.3. The lowest BCUT2D eigenvalue weighted by Gasteiger charge is -2.05. The molecule has 0 fully saturated rings. The van der Waals surface area contributed by atoms with Gasteiger partial charge in [-0.3, -0.25) is 5.32 Å². The minimum atomic E-state index is 0.530. The van der Waals surface area contributed by atoms with Gasteiger partial charge in [-0.2, -0.15) is 4.98 Å². The second kappa shape index (κ2) is 5.67. The number of rotatable bonds is 3.